The lowest BCUT2D eigenvalue weighted by molar-refractivity contribution is 0.358. The first-order chi connectivity index (χ1) is 10.3. The van der Waals surface area contributed by atoms with Crippen molar-refractivity contribution in [2.75, 3.05) is 17.2 Å². The molecule has 0 amide bonds. The molecular weight excluding hydrogens is 266 g/mol. The molecule has 7 nitrogen and oxygen atoms in total. The fraction of sp³-hybridized carbons (Fsp3) is 0.571. The first-order valence-electron chi connectivity index (χ1n) is 7.59. The number of nitrogens with zero attached hydrogens (tertiary/aromatic N) is 6. The van der Waals surface area contributed by atoms with Gasteiger partial charge in [0.05, 0.1) is 0 Å². The van der Waals surface area contributed by atoms with E-state index in [1.807, 2.05) is 12.3 Å². The van der Waals surface area contributed by atoms with Gasteiger partial charge in [-0.05, 0) is 37.7 Å². The van der Waals surface area contributed by atoms with Gasteiger partial charge in [0.1, 0.15) is 0 Å². The molecule has 1 aliphatic carbocycles. The van der Waals surface area contributed by atoms with Gasteiger partial charge in [0.2, 0.25) is 11.9 Å². The summed E-state index contributed by atoms with van der Waals surface area (Å²) in [6, 6.07) is 2.40. The van der Waals surface area contributed by atoms with Crippen molar-refractivity contribution < 1.29 is 0 Å². The lowest BCUT2D eigenvalue weighted by Gasteiger charge is -2.37. The number of hydrogen-bond donors (Lipinski definition) is 1. The predicted molar refractivity (Wildman–Crippen MR) is 79.1 cm³/mol. The standard InChI is InChI=1S/C14H19N7/c15-12-17-13(19-14(18-12)21-9-3-7-16-21)20-8-2-5-10-4-1-6-11(10)20/h3,7,9-11H,1-2,4-6,8H2,(H2,15,17,18,19). The third-order valence-electron chi connectivity index (χ3n) is 4.59. The number of fused-ring (bicyclic) bond motifs is 1. The van der Waals surface area contributed by atoms with E-state index in [-0.39, 0.29) is 5.95 Å². The summed E-state index contributed by atoms with van der Waals surface area (Å²) in [5.74, 6) is 2.22. The van der Waals surface area contributed by atoms with Crippen molar-refractivity contribution in [2.24, 2.45) is 5.92 Å². The Morgan fingerprint density at radius 1 is 1.05 bits per heavy atom. The van der Waals surface area contributed by atoms with Crippen LogP contribution < -0.4 is 10.6 Å². The van der Waals surface area contributed by atoms with E-state index >= 15 is 0 Å². The molecule has 2 aliphatic rings. The van der Waals surface area contributed by atoms with Gasteiger partial charge < -0.3 is 10.6 Å². The summed E-state index contributed by atoms with van der Waals surface area (Å²) in [6.45, 7) is 1.00. The lowest BCUT2D eigenvalue weighted by atomic mass is 9.92. The number of piperidine rings is 1. The van der Waals surface area contributed by atoms with Crippen LogP contribution in [0, 0.1) is 5.92 Å². The van der Waals surface area contributed by atoms with Crippen LogP contribution in [0.1, 0.15) is 32.1 Å². The maximum absolute atomic E-state index is 5.88. The molecule has 7 heteroatoms. The van der Waals surface area contributed by atoms with E-state index in [1.54, 1.807) is 10.9 Å². The molecular formula is C14H19N7. The highest BCUT2D eigenvalue weighted by atomic mass is 15.4. The van der Waals surface area contributed by atoms with Crippen molar-refractivity contribution in [3.8, 4) is 5.95 Å². The maximum Gasteiger partial charge on any atom is 0.257 e. The van der Waals surface area contributed by atoms with Crippen molar-refractivity contribution >= 4 is 11.9 Å². The van der Waals surface area contributed by atoms with Crippen LogP contribution >= 0.6 is 0 Å². The third-order valence-corrected chi connectivity index (χ3v) is 4.59. The first-order valence-corrected chi connectivity index (χ1v) is 7.59. The predicted octanol–water partition coefficient (Wildman–Crippen LogP) is 1.41. The topological polar surface area (TPSA) is 85.8 Å². The SMILES string of the molecule is Nc1nc(N2CCCC3CCCC32)nc(-n2cccn2)n1. The second kappa shape index (κ2) is 4.98. The normalized spacial score (nSPS) is 25.0. The summed E-state index contributed by atoms with van der Waals surface area (Å²) in [7, 11) is 0. The Labute approximate surface area is 123 Å². The highest BCUT2D eigenvalue weighted by Gasteiger charge is 2.36. The molecule has 1 saturated heterocycles. The van der Waals surface area contributed by atoms with Crippen LogP contribution in [0.2, 0.25) is 0 Å². The zero-order chi connectivity index (χ0) is 14.2. The molecule has 2 aromatic rings. The molecule has 21 heavy (non-hydrogen) atoms. The Kier molecular flexibility index (Phi) is 2.98. The zero-order valence-corrected chi connectivity index (χ0v) is 11.9. The van der Waals surface area contributed by atoms with Crippen LogP contribution in [0.5, 0.6) is 0 Å². The number of rotatable bonds is 2. The minimum atomic E-state index is 0.255. The van der Waals surface area contributed by atoms with Crippen molar-refractivity contribution in [3.05, 3.63) is 18.5 Å². The molecule has 0 aromatic carbocycles. The molecule has 1 saturated carbocycles. The van der Waals surface area contributed by atoms with Crippen LogP contribution in [0.4, 0.5) is 11.9 Å². The largest absolute Gasteiger partial charge is 0.368 e. The Balaban J connectivity index is 1.71. The summed E-state index contributed by atoms with van der Waals surface area (Å²) in [5.41, 5.74) is 5.88. The average molecular weight is 285 g/mol. The summed E-state index contributed by atoms with van der Waals surface area (Å²) < 4.78 is 1.62. The van der Waals surface area contributed by atoms with Gasteiger partial charge in [-0.2, -0.15) is 20.1 Å². The van der Waals surface area contributed by atoms with Crippen molar-refractivity contribution in [3.63, 3.8) is 0 Å². The molecule has 2 unspecified atom stereocenters. The van der Waals surface area contributed by atoms with Gasteiger partial charge in [-0.15, -0.1) is 0 Å². The minimum absolute atomic E-state index is 0.255. The van der Waals surface area contributed by atoms with Gasteiger partial charge in [-0.3, -0.25) is 0 Å². The molecule has 4 rings (SSSR count). The van der Waals surface area contributed by atoms with Gasteiger partial charge in [0, 0.05) is 25.0 Å². The van der Waals surface area contributed by atoms with Crippen LogP contribution in [-0.4, -0.2) is 37.3 Å². The molecule has 2 aromatic heterocycles. The Morgan fingerprint density at radius 3 is 2.76 bits per heavy atom. The van der Waals surface area contributed by atoms with E-state index in [4.69, 9.17) is 5.73 Å². The highest BCUT2D eigenvalue weighted by Crippen LogP contribution is 2.38. The summed E-state index contributed by atoms with van der Waals surface area (Å²) >= 11 is 0. The Hall–Kier alpha value is -2.18. The number of nitrogen functional groups attached to an aromatic ring is 1. The van der Waals surface area contributed by atoms with Gasteiger partial charge in [0.15, 0.2) is 0 Å². The van der Waals surface area contributed by atoms with Gasteiger partial charge >= 0.3 is 0 Å². The van der Waals surface area contributed by atoms with E-state index in [9.17, 15) is 0 Å². The monoisotopic (exact) mass is 285 g/mol. The first kappa shape index (κ1) is 12.6. The second-order valence-electron chi connectivity index (χ2n) is 5.84. The minimum Gasteiger partial charge on any atom is -0.368 e. The second-order valence-corrected chi connectivity index (χ2v) is 5.84. The van der Waals surface area contributed by atoms with Crippen molar-refractivity contribution in [1.82, 2.24) is 24.7 Å². The van der Waals surface area contributed by atoms with Crippen LogP contribution in [0.25, 0.3) is 5.95 Å². The third kappa shape index (κ3) is 2.22. The summed E-state index contributed by atoms with van der Waals surface area (Å²) in [6.07, 6.45) is 9.90. The summed E-state index contributed by atoms with van der Waals surface area (Å²) in [5, 5.41) is 4.17. The molecule has 110 valence electrons. The van der Waals surface area contributed by atoms with Crippen molar-refractivity contribution in [1.29, 1.82) is 0 Å². The Bertz CT molecular complexity index is 624. The van der Waals surface area contributed by atoms with Gasteiger partial charge in [-0.1, -0.05) is 6.42 Å². The molecule has 2 N–H and O–H groups in total. The van der Waals surface area contributed by atoms with E-state index in [1.165, 1.54) is 32.1 Å². The van der Waals surface area contributed by atoms with Crippen LogP contribution in [-0.2, 0) is 0 Å². The van der Waals surface area contributed by atoms with E-state index in [2.05, 4.69) is 25.0 Å². The van der Waals surface area contributed by atoms with Crippen LogP contribution in [0.15, 0.2) is 18.5 Å². The average Bonchev–Trinajstić information content (AvgIpc) is 3.17. The molecule has 0 radical (unpaired) electrons. The van der Waals surface area contributed by atoms with Gasteiger partial charge in [0.25, 0.3) is 5.95 Å². The zero-order valence-electron chi connectivity index (χ0n) is 11.9. The quantitative estimate of drug-likeness (QED) is 0.898. The number of hydrogen-bond acceptors (Lipinski definition) is 6. The molecule has 2 atom stereocenters. The van der Waals surface area contributed by atoms with Gasteiger partial charge in [-0.25, -0.2) is 4.68 Å². The van der Waals surface area contributed by atoms with E-state index < -0.39 is 0 Å². The number of anilines is 2. The summed E-state index contributed by atoms with van der Waals surface area (Å²) in [4.78, 5) is 15.5. The molecule has 3 heterocycles. The molecule has 0 spiro atoms. The maximum atomic E-state index is 5.88. The fourth-order valence-electron chi connectivity index (χ4n) is 3.69. The van der Waals surface area contributed by atoms with Crippen LogP contribution in [0.3, 0.4) is 0 Å². The molecule has 1 aliphatic heterocycles. The van der Waals surface area contributed by atoms with E-state index in [0.29, 0.717) is 17.9 Å². The Morgan fingerprint density at radius 2 is 1.90 bits per heavy atom. The fourth-order valence-corrected chi connectivity index (χ4v) is 3.69. The van der Waals surface area contributed by atoms with Crippen molar-refractivity contribution in [2.45, 2.75) is 38.1 Å². The smallest absolute Gasteiger partial charge is 0.257 e. The van der Waals surface area contributed by atoms with E-state index in [0.717, 1.165) is 12.5 Å². The molecule has 2 fully saturated rings. The number of nitrogens with two attached hydrogens (primary N) is 1. The molecule has 0 bridgehead atoms. The number of aromatic nitrogens is 5. The highest BCUT2D eigenvalue weighted by molar-refractivity contribution is 5.40. The lowest BCUT2D eigenvalue weighted by Crippen LogP contribution is -2.43.